The Morgan fingerprint density at radius 1 is 1.19 bits per heavy atom. The molecule has 0 unspecified atom stereocenters. The monoisotopic (exact) mass is 301 g/mol. The van der Waals surface area contributed by atoms with Crippen molar-refractivity contribution in [1.82, 2.24) is 5.32 Å². The Morgan fingerprint density at radius 3 is 2.76 bits per heavy atom. The van der Waals surface area contributed by atoms with Gasteiger partial charge in [0.2, 0.25) is 0 Å². The first-order valence-corrected chi connectivity index (χ1v) is 7.21. The second-order valence-electron chi connectivity index (χ2n) is 5.02. The molecule has 1 aliphatic rings. The molecule has 0 saturated carbocycles. The van der Waals surface area contributed by atoms with Crippen LogP contribution in [0, 0.1) is 0 Å². The van der Waals surface area contributed by atoms with E-state index in [0.717, 1.165) is 25.2 Å². The number of benzene rings is 2. The highest BCUT2D eigenvalue weighted by Gasteiger charge is 2.16. The van der Waals surface area contributed by atoms with Gasteiger partial charge < -0.3 is 16.4 Å². The van der Waals surface area contributed by atoms with Crippen LogP contribution in [0.5, 0.6) is 0 Å². The molecule has 108 valence electrons. The number of primary amides is 1. The van der Waals surface area contributed by atoms with Crippen molar-refractivity contribution in [3.8, 4) is 0 Å². The molecular formula is C16H16ClN3O. The third-order valence-electron chi connectivity index (χ3n) is 3.67. The number of nitrogens with one attached hydrogen (secondary N) is 2. The number of hydrogen-bond donors (Lipinski definition) is 3. The standard InChI is InChI=1S/C16H16ClN3O/c17-12-4-2-6-14(15(12)16(18)21)20-13-5-1-3-10-9-19-8-7-11(10)13/h1-6,19-20H,7-9H2,(H2,18,21). The topological polar surface area (TPSA) is 67.2 Å². The summed E-state index contributed by atoms with van der Waals surface area (Å²) in [4.78, 5) is 11.6. The van der Waals surface area contributed by atoms with Gasteiger partial charge in [-0.05, 0) is 42.3 Å². The summed E-state index contributed by atoms with van der Waals surface area (Å²) in [6, 6.07) is 11.4. The molecule has 0 aliphatic carbocycles. The largest absolute Gasteiger partial charge is 0.365 e. The van der Waals surface area contributed by atoms with Gasteiger partial charge in [-0.25, -0.2) is 0 Å². The van der Waals surface area contributed by atoms with Gasteiger partial charge >= 0.3 is 0 Å². The first-order chi connectivity index (χ1) is 10.2. The molecule has 0 aromatic heterocycles. The van der Waals surface area contributed by atoms with E-state index in [4.69, 9.17) is 17.3 Å². The van der Waals surface area contributed by atoms with Crippen molar-refractivity contribution in [2.45, 2.75) is 13.0 Å². The van der Waals surface area contributed by atoms with E-state index in [1.807, 2.05) is 18.2 Å². The number of amides is 1. The zero-order valence-electron chi connectivity index (χ0n) is 11.4. The van der Waals surface area contributed by atoms with Gasteiger partial charge in [-0.15, -0.1) is 0 Å². The Labute approximate surface area is 128 Å². The second-order valence-corrected chi connectivity index (χ2v) is 5.43. The minimum Gasteiger partial charge on any atom is -0.365 e. The average molecular weight is 302 g/mol. The molecule has 1 aliphatic heterocycles. The van der Waals surface area contributed by atoms with Gasteiger partial charge in [-0.2, -0.15) is 0 Å². The van der Waals surface area contributed by atoms with Gasteiger partial charge in [-0.3, -0.25) is 4.79 Å². The minimum atomic E-state index is -0.533. The van der Waals surface area contributed by atoms with Crippen molar-refractivity contribution in [2.24, 2.45) is 5.73 Å². The average Bonchev–Trinajstić information content (AvgIpc) is 2.47. The lowest BCUT2D eigenvalue weighted by molar-refractivity contribution is 0.100. The molecule has 3 rings (SSSR count). The number of anilines is 2. The van der Waals surface area contributed by atoms with Crippen LogP contribution in [0.4, 0.5) is 11.4 Å². The van der Waals surface area contributed by atoms with E-state index in [9.17, 15) is 4.79 Å². The number of halogens is 1. The SMILES string of the molecule is NC(=O)c1c(Cl)cccc1Nc1cccc2c1CCNC2. The van der Waals surface area contributed by atoms with Crippen LogP contribution in [0.25, 0.3) is 0 Å². The summed E-state index contributed by atoms with van der Waals surface area (Å²) in [5, 5.41) is 7.02. The van der Waals surface area contributed by atoms with E-state index in [1.54, 1.807) is 12.1 Å². The van der Waals surface area contributed by atoms with E-state index in [1.165, 1.54) is 11.1 Å². The number of fused-ring (bicyclic) bond motifs is 1. The molecule has 1 amide bonds. The molecule has 4 N–H and O–H groups in total. The Balaban J connectivity index is 2.02. The van der Waals surface area contributed by atoms with Crippen molar-refractivity contribution in [3.05, 3.63) is 58.1 Å². The smallest absolute Gasteiger partial charge is 0.252 e. The zero-order valence-corrected chi connectivity index (χ0v) is 12.2. The van der Waals surface area contributed by atoms with E-state index in [0.29, 0.717) is 16.3 Å². The molecule has 0 spiro atoms. The van der Waals surface area contributed by atoms with Crippen LogP contribution in [-0.4, -0.2) is 12.5 Å². The van der Waals surface area contributed by atoms with Gasteiger partial charge in [0.15, 0.2) is 0 Å². The predicted octanol–water partition coefficient (Wildman–Crippen LogP) is 2.83. The molecule has 0 radical (unpaired) electrons. The van der Waals surface area contributed by atoms with Crippen LogP contribution in [0.2, 0.25) is 5.02 Å². The number of hydrogen-bond acceptors (Lipinski definition) is 3. The first kappa shape index (κ1) is 13.9. The maximum atomic E-state index is 11.6. The predicted molar refractivity (Wildman–Crippen MR) is 85.1 cm³/mol. The molecule has 0 atom stereocenters. The summed E-state index contributed by atoms with van der Waals surface area (Å²) in [5.74, 6) is -0.533. The minimum absolute atomic E-state index is 0.325. The molecule has 0 saturated heterocycles. The van der Waals surface area contributed by atoms with Gasteiger partial charge in [0.1, 0.15) is 0 Å². The van der Waals surface area contributed by atoms with Crippen molar-refractivity contribution < 1.29 is 4.79 Å². The van der Waals surface area contributed by atoms with Gasteiger partial charge in [0.05, 0.1) is 16.3 Å². The van der Waals surface area contributed by atoms with Crippen LogP contribution in [0.15, 0.2) is 36.4 Å². The summed E-state index contributed by atoms with van der Waals surface area (Å²) < 4.78 is 0. The maximum absolute atomic E-state index is 11.6. The zero-order chi connectivity index (χ0) is 14.8. The summed E-state index contributed by atoms with van der Waals surface area (Å²) in [5.41, 5.74) is 9.94. The molecule has 5 heteroatoms. The Bertz CT molecular complexity index is 700. The van der Waals surface area contributed by atoms with Crippen LogP contribution in [0.1, 0.15) is 21.5 Å². The molecule has 1 heterocycles. The lowest BCUT2D eigenvalue weighted by Gasteiger charge is -2.21. The molecule has 4 nitrogen and oxygen atoms in total. The number of nitrogens with two attached hydrogens (primary N) is 1. The normalized spacial score (nSPS) is 13.6. The summed E-state index contributed by atoms with van der Waals surface area (Å²) in [6.45, 7) is 1.81. The lowest BCUT2D eigenvalue weighted by Crippen LogP contribution is -2.24. The number of carbonyl (C=O) groups is 1. The Morgan fingerprint density at radius 2 is 1.95 bits per heavy atom. The van der Waals surface area contributed by atoms with Crippen molar-refractivity contribution in [2.75, 3.05) is 11.9 Å². The van der Waals surface area contributed by atoms with E-state index >= 15 is 0 Å². The van der Waals surface area contributed by atoms with E-state index < -0.39 is 5.91 Å². The van der Waals surface area contributed by atoms with Crippen LogP contribution in [-0.2, 0) is 13.0 Å². The molecule has 21 heavy (non-hydrogen) atoms. The third-order valence-corrected chi connectivity index (χ3v) is 3.98. The van der Waals surface area contributed by atoms with Crippen molar-refractivity contribution in [1.29, 1.82) is 0 Å². The highest BCUT2D eigenvalue weighted by atomic mass is 35.5. The number of carbonyl (C=O) groups excluding carboxylic acids is 1. The van der Waals surface area contributed by atoms with Crippen LogP contribution >= 0.6 is 11.6 Å². The van der Waals surface area contributed by atoms with Gasteiger partial charge in [-0.1, -0.05) is 29.8 Å². The van der Waals surface area contributed by atoms with Crippen LogP contribution < -0.4 is 16.4 Å². The number of rotatable bonds is 3. The summed E-state index contributed by atoms with van der Waals surface area (Å²) in [6.07, 6.45) is 0.949. The quantitative estimate of drug-likeness (QED) is 0.816. The lowest BCUT2D eigenvalue weighted by atomic mass is 9.98. The Hall–Kier alpha value is -2.04. The molecule has 0 fully saturated rings. The van der Waals surface area contributed by atoms with E-state index in [2.05, 4.69) is 16.7 Å². The second kappa shape index (κ2) is 5.76. The maximum Gasteiger partial charge on any atom is 0.252 e. The van der Waals surface area contributed by atoms with Crippen LogP contribution in [0.3, 0.4) is 0 Å². The first-order valence-electron chi connectivity index (χ1n) is 6.83. The Kier molecular flexibility index (Phi) is 3.82. The highest BCUT2D eigenvalue weighted by Crippen LogP contribution is 2.30. The van der Waals surface area contributed by atoms with Crippen molar-refractivity contribution >= 4 is 28.9 Å². The van der Waals surface area contributed by atoms with E-state index in [-0.39, 0.29) is 0 Å². The van der Waals surface area contributed by atoms with Crippen molar-refractivity contribution in [3.63, 3.8) is 0 Å². The molecular weight excluding hydrogens is 286 g/mol. The fourth-order valence-corrected chi connectivity index (χ4v) is 2.94. The molecule has 2 aromatic carbocycles. The highest BCUT2D eigenvalue weighted by molar-refractivity contribution is 6.34. The third kappa shape index (κ3) is 2.73. The fraction of sp³-hybridized carbons (Fsp3) is 0.188. The molecule has 0 bridgehead atoms. The summed E-state index contributed by atoms with van der Waals surface area (Å²) in [7, 11) is 0. The fourth-order valence-electron chi connectivity index (χ4n) is 2.67. The van der Waals surface area contributed by atoms with Gasteiger partial charge in [0, 0.05) is 12.2 Å². The van der Waals surface area contributed by atoms with Gasteiger partial charge in [0.25, 0.3) is 5.91 Å². The molecule has 2 aromatic rings. The summed E-state index contributed by atoms with van der Waals surface area (Å²) >= 11 is 6.08.